The normalized spacial score (nSPS) is 11.7. The molecule has 0 spiro atoms. The van der Waals surface area contributed by atoms with E-state index in [0.717, 1.165) is 16.3 Å². The van der Waals surface area contributed by atoms with Crippen molar-refractivity contribution < 1.29 is 19.0 Å². The van der Waals surface area contributed by atoms with Crippen molar-refractivity contribution in [3.63, 3.8) is 0 Å². The van der Waals surface area contributed by atoms with Crippen LogP contribution in [-0.2, 0) is 11.3 Å². The molecule has 0 radical (unpaired) electrons. The average Bonchev–Trinajstić information content (AvgIpc) is 2.76. The topological polar surface area (TPSA) is 48.0 Å². The zero-order valence-electron chi connectivity index (χ0n) is 17.3. The van der Waals surface area contributed by atoms with Crippen molar-refractivity contribution in [3.8, 4) is 17.2 Å². The molecule has 0 saturated heterocycles. The van der Waals surface area contributed by atoms with Gasteiger partial charge in [0.05, 0.1) is 14.2 Å². The molecule has 0 bridgehead atoms. The molecule has 0 aromatic heterocycles. The molecule has 0 saturated carbocycles. The third-order valence-electron chi connectivity index (χ3n) is 4.89. The standard InChI is InChI=1S/C24H27NO4/c1-5-21(29-20-12-11-18-8-6-7-9-19(18)15-20)24(26)25(2)16-17-10-13-22(27-3)23(14-17)28-4/h6-15,21H,5,16H2,1-4H3/t21-/m0/s1. The van der Waals surface area contributed by atoms with E-state index in [2.05, 4.69) is 6.07 Å². The zero-order chi connectivity index (χ0) is 20.8. The first kappa shape index (κ1) is 20.5. The van der Waals surface area contributed by atoms with Gasteiger partial charge < -0.3 is 19.1 Å². The number of carbonyl (C=O) groups is 1. The van der Waals surface area contributed by atoms with E-state index < -0.39 is 6.10 Å². The number of hydrogen-bond donors (Lipinski definition) is 0. The molecular weight excluding hydrogens is 366 g/mol. The zero-order valence-corrected chi connectivity index (χ0v) is 17.3. The molecule has 5 nitrogen and oxygen atoms in total. The lowest BCUT2D eigenvalue weighted by Crippen LogP contribution is -2.39. The Kier molecular flexibility index (Phi) is 6.60. The van der Waals surface area contributed by atoms with E-state index >= 15 is 0 Å². The van der Waals surface area contributed by atoms with Crippen molar-refractivity contribution in [1.82, 2.24) is 4.90 Å². The van der Waals surface area contributed by atoms with Crippen LogP contribution in [0.2, 0.25) is 0 Å². The summed E-state index contributed by atoms with van der Waals surface area (Å²) < 4.78 is 16.7. The fourth-order valence-electron chi connectivity index (χ4n) is 3.29. The first-order valence-electron chi connectivity index (χ1n) is 9.67. The van der Waals surface area contributed by atoms with Gasteiger partial charge in [-0.2, -0.15) is 0 Å². The first-order valence-corrected chi connectivity index (χ1v) is 9.67. The van der Waals surface area contributed by atoms with Crippen LogP contribution < -0.4 is 14.2 Å². The highest BCUT2D eigenvalue weighted by molar-refractivity contribution is 5.84. The van der Waals surface area contributed by atoms with Gasteiger partial charge >= 0.3 is 0 Å². The minimum absolute atomic E-state index is 0.0598. The summed E-state index contributed by atoms with van der Waals surface area (Å²) >= 11 is 0. The van der Waals surface area contributed by atoms with Gasteiger partial charge in [-0.1, -0.05) is 43.3 Å². The molecule has 0 N–H and O–H groups in total. The molecule has 0 aliphatic heterocycles. The Hall–Kier alpha value is -3.21. The molecule has 0 fully saturated rings. The van der Waals surface area contributed by atoms with Gasteiger partial charge in [-0.15, -0.1) is 0 Å². The molecule has 152 valence electrons. The van der Waals surface area contributed by atoms with Gasteiger partial charge in [0.1, 0.15) is 5.75 Å². The van der Waals surface area contributed by atoms with Crippen LogP contribution in [0.4, 0.5) is 0 Å². The number of likely N-dealkylation sites (N-methyl/N-ethyl adjacent to an activating group) is 1. The van der Waals surface area contributed by atoms with Crippen LogP contribution in [0.3, 0.4) is 0 Å². The van der Waals surface area contributed by atoms with Gasteiger partial charge in [0.2, 0.25) is 0 Å². The largest absolute Gasteiger partial charge is 0.493 e. The SMILES string of the molecule is CC[C@H](Oc1ccc2ccccc2c1)C(=O)N(C)Cc1ccc(OC)c(OC)c1. The molecule has 3 rings (SSSR count). The third kappa shape index (κ3) is 4.80. The van der Waals surface area contributed by atoms with Crippen LogP contribution in [0.5, 0.6) is 17.2 Å². The summed E-state index contributed by atoms with van der Waals surface area (Å²) in [5.74, 6) is 1.94. The number of benzene rings is 3. The second-order valence-electron chi connectivity index (χ2n) is 6.91. The molecule has 0 aliphatic carbocycles. The number of fused-ring (bicyclic) bond motifs is 1. The molecule has 1 amide bonds. The first-order chi connectivity index (χ1) is 14.0. The third-order valence-corrected chi connectivity index (χ3v) is 4.89. The lowest BCUT2D eigenvalue weighted by atomic mass is 10.1. The van der Waals surface area contributed by atoms with E-state index in [0.29, 0.717) is 30.2 Å². The number of ether oxygens (including phenoxy) is 3. The van der Waals surface area contributed by atoms with Gasteiger partial charge in [-0.3, -0.25) is 4.79 Å². The lowest BCUT2D eigenvalue weighted by Gasteiger charge is -2.24. The fourth-order valence-corrected chi connectivity index (χ4v) is 3.29. The van der Waals surface area contributed by atoms with E-state index in [9.17, 15) is 4.79 Å². The molecular formula is C24H27NO4. The Morgan fingerprint density at radius 3 is 2.34 bits per heavy atom. The van der Waals surface area contributed by atoms with Crippen molar-refractivity contribution in [1.29, 1.82) is 0 Å². The Labute approximate surface area is 171 Å². The maximum absolute atomic E-state index is 13.0. The van der Waals surface area contributed by atoms with E-state index in [1.165, 1.54) is 0 Å². The van der Waals surface area contributed by atoms with Gasteiger partial charge in [0.15, 0.2) is 17.6 Å². The summed E-state index contributed by atoms with van der Waals surface area (Å²) in [7, 11) is 4.98. The van der Waals surface area contributed by atoms with Crippen LogP contribution in [-0.4, -0.2) is 38.2 Å². The predicted octanol–water partition coefficient (Wildman–Crippen LogP) is 4.67. The Morgan fingerprint density at radius 2 is 1.66 bits per heavy atom. The molecule has 5 heteroatoms. The second-order valence-corrected chi connectivity index (χ2v) is 6.91. The van der Waals surface area contributed by atoms with E-state index in [4.69, 9.17) is 14.2 Å². The van der Waals surface area contributed by atoms with Gasteiger partial charge in [-0.25, -0.2) is 0 Å². The quantitative estimate of drug-likeness (QED) is 0.558. The maximum atomic E-state index is 13.0. The number of hydrogen-bond acceptors (Lipinski definition) is 4. The summed E-state index contributed by atoms with van der Waals surface area (Å²) in [6.45, 7) is 2.41. The molecule has 0 unspecified atom stereocenters. The van der Waals surface area contributed by atoms with E-state index in [1.807, 2.05) is 61.5 Å². The van der Waals surface area contributed by atoms with Gasteiger partial charge in [0, 0.05) is 13.6 Å². The summed E-state index contributed by atoms with van der Waals surface area (Å²) in [5, 5.41) is 2.23. The molecule has 0 heterocycles. The molecule has 3 aromatic rings. The lowest BCUT2D eigenvalue weighted by molar-refractivity contribution is -0.138. The highest BCUT2D eigenvalue weighted by Gasteiger charge is 2.23. The minimum Gasteiger partial charge on any atom is -0.493 e. The van der Waals surface area contributed by atoms with Crippen molar-refractivity contribution in [2.45, 2.75) is 26.0 Å². The average molecular weight is 393 g/mol. The van der Waals surface area contributed by atoms with Crippen LogP contribution in [0, 0.1) is 0 Å². The Balaban J connectivity index is 1.70. The van der Waals surface area contributed by atoms with Gasteiger partial charge in [0.25, 0.3) is 5.91 Å². The smallest absolute Gasteiger partial charge is 0.263 e. The van der Waals surface area contributed by atoms with Crippen LogP contribution in [0.25, 0.3) is 10.8 Å². The Bertz CT molecular complexity index is 986. The van der Waals surface area contributed by atoms with Crippen molar-refractivity contribution in [3.05, 3.63) is 66.2 Å². The molecule has 3 aromatic carbocycles. The number of nitrogens with zero attached hydrogens (tertiary/aromatic N) is 1. The summed E-state index contributed by atoms with van der Waals surface area (Å²) in [5.41, 5.74) is 0.957. The Morgan fingerprint density at radius 1 is 0.931 bits per heavy atom. The highest BCUT2D eigenvalue weighted by atomic mass is 16.5. The summed E-state index contributed by atoms with van der Waals surface area (Å²) in [4.78, 5) is 14.6. The van der Waals surface area contributed by atoms with Crippen LogP contribution in [0.1, 0.15) is 18.9 Å². The number of carbonyl (C=O) groups excluding carboxylic acids is 1. The number of amides is 1. The molecule has 1 atom stereocenters. The second kappa shape index (κ2) is 9.32. The van der Waals surface area contributed by atoms with Gasteiger partial charge in [-0.05, 0) is 47.0 Å². The fraction of sp³-hybridized carbons (Fsp3) is 0.292. The van der Waals surface area contributed by atoms with E-state index in [1.54, 1.807) is 26.2 Å². The number of rotatable bonds is 8. The van der Waals surface area contributed by atoms with Crippen molar-refractivity contribution >= 4 is 16.7 Å². The molecule has 29 heavy (non-hydrogen) atoms. The summed E-state index contributed by atoms with van der Waals surface area (Å²) in [6.07, 6.45) is 0.0448. The summed E-state index contributed by atoms with van der Waals surface area (Å²) in [6, 6.07) is 19.6. The number of methoxy groups -OCH3 is 2. The van der Waals surface area contributed by atoms with Crippen LogP contribution >= 0.6 is 0 Å². The minimum atomic E-state index is -0.540. The van der Waals surface area contributed by atoms with E-state index in [-0.39, 0.29) is 5.91 Å². The maximum Gasteiger partial charge on any atom is 0.263 e. The highest BCUT2D eigenvalue weighted by Crippen LogP contribution is 2.28. The van der Waals surface area contributed by atoms with Crippen molar-refractivity contribution in [2.75, 3.05) is 21.3 Å². The predicted molar refractivity (Wildman–Crippen MR) is 115 cm³/mol. The van der Waals surface area contributed by atoms with Crippen LogP contribution in [0.15, 0.2) is 60.7 Å². The monoisotopic (exact) mass is 393 g/mol. The van der Waals surface area contributed by atoms with Crippen molar-refractivity contribution in [2.24, 2.45) is 0 Å². The molecule has 0 aliphatic rings.